The lowest BCUT2D eigenvalue weighted by atomic mass is 9.99. The highest BCUT2D eigenvalue weighted by Gasteiger charge is 2.27. The Morgan fingerprint density at radius 3 is 2.85 bits per heavy atom. The normalized spacial score (nSPS) is 15.8. The predicted octanol–water partition coefficient (Wildman–Crippen LogP) is 0.822. The summed E-state index contributed by atoms with van der Waals surface area (Å²) in [6.07, 6.45) is 0.606. The third-order valence-electron chi connectivity index (χ3n) is 3.45. The quantitative estimate of drug-likeness (QED) is 0.784. The molecule has 0 spiro atoms. The monoisotopic (exact) mass is 298 g/mol. The number of nitrogens with two attached hydrogens (primary N) is 1. The fourth-order valence-corrected chi connectivity index (χ4v) is 3.86. The van der Waals surface area contributed by atoms with Crippen LogP contribution in [-0.2, 0) is 27.8 Å². The SMILES string of the molecule is Nc1cccc2c1CCN(S(=O)(=O)CCCC(=O)O)C2. The third-order valence-corrected chi connectivity index (χ3v) is 5.36. The number of sulfonamides is 1. The van der Waals surface area contributed by atoms with Crippen LogP contribution in [0.25, 0.3) is 0 Å². The molecular formula is C13H18N2O4S. The molecule has 0 fully saturated rings. The fourth-order valence-electron chi connectivity index (χ4n) is 2.39. The first-order chi connectivity index (χ1) is 9.40. The van der Waals surface area contributed by atoms with E-state index in [2.05, 4.69) is 0 Å². The van der Waals surface area contributed by atoms with Crippen LogP contribution in [0.2, 0.25) is 0 Å². The van der Waals surface area contributed by atoms with E-state index >= 15 is 0 Å². The molecule has 0 amide bonds. The van der Waals surface area contributed by atoms with Crippen LogP contribution in [0.4, 0.5) is 5.69 Å². The van der Waals surface area contributed by atoms with Crippen LogP contribution < -0.4 is 5.73 Å². The summed E-state index contributed by atoms with van der Waals surface area (Å²) in [6, 6.07) is 5.51. The smallest absolute Gasteiger partial charge is 0.303 e. The number of fused-ring (bicyclic) bond motifs is 1. The molecule has 1 aromatic carbocycles. The maximum Gasteiger partial charge on any atom is 0.303 e. The average molecular weight is 298 g/mol. The Hall–Kier alpha value is -1.60. The van der Waals surface area contributed by atoms with E-state index in [0.717, 1.165) is 11.1 Å². The van der Waals surface area contributed by atoms with Gasteiger partial charge < -0.3 is 10.8 Å². The van der Waals surface area contributed by atoms with Gasteiger partial charge in [0.15, 0.2) is 0 Å². The summed E-state index contributed by atoms with van der Waals surface area (Å²) in [5, 5.41) is 8.56. The number of benzene rings is 1. The molecule has 1 aromatic rings. The summed E-state index contributed by atoms with van der Waals surface area (Å²) >= 11 is 0. The van der Waals surface area contributed by atoms with Crippen molar-refractivity contribution in [2.24, 2.45) is 0 Å². The Morgan fingerprint density at radius 2 is 2.15 bits per heavy atom. The average Bonchev–Trinajstić information content (AvgIpc) is 2.38. The number of nitrogen functional groups attached to an aromatic ring is 1. The zero-order valence-electron chi connectivity index (χ0n) is 11.1. The summed E-state index contributed by atoms with van der Waals surface area (Å²) in [4.78, 5) is 10.4. The highest BCUT2D eigenvalue weighted by atomic mass is 32.2. The molecule has 20 heavy (non-hydrogen) atoms. The Morgan fingerprint density at radius 1 is 1.40 bits per heavy atom. The van der Waals surface area contributed by atoms with Crippen molar-refractivity contribution in [3.8, 4) is 0 Å². The van der Waals surface area contributed by atoms with Crippen LogP contribution in [0.3, 0.4) is 0 Å². The number of hydrogen-bond donors (Lipinski definition) is 2. The van der Waals surface area contributed by atoms with E-state index in [1.54, 1.807) is 0 Å². The molecule has 7 heteroatoms. The molecule has 1 heterocycles. The Balaban J connectivity index is 2.06. The number of rotatable bonds is 5. The number of carbonyl (C=O) groups is 1. The molecule has 0 unspecified atom stereocenters. The van der Waals surface area contributed by atoms with Crippen molar-refractivity contribution in [1.29, 1.82) is 0 Å². The summed E-state index contributed by atoms with van der Waals surface area (Å²) in [6.45, 7) is 0.715. The summed E-state index contributed by atoms with van der Waals surface area (Å²) in [5.41, 5.74) is 8.52. The maximum atomic E-state index is 12.2. The third kappa shape index (κ3) is 3.29. The zero-order chi connectivity index (χ0) is 14.8. The number of hydrogen-bond acceptors (Lipinski definition) is 4. The Bertz CT molecular complexity index is 613. The van der Waals surface area contributed by atoms with Crippen molar-refractivity contribution in [3.63, 3.8) is 0 Å². The van der Waals surface area contributed by atoms with Crippen LogP contribution in [0.15, 0.2) is 18.2 Å². The lowest BCUT2D eigenvalue weighted by molar-refractivity contribution is -0.137. The maximum absolute atomic E-state index is 12.2. The first kappa shape index (κ1) is 14.8. The first-order valence-electron chi connectivity index (χ1n) is 6.46. The molecular weight excluding hydrogens is 280 g/mol. The molecule has 3 N–H and O–H groups in total. The molecule has 110 valence electrons. The molecule has 0 aromatic heterocycles. The summed E-state index contributed by atoms with van der Waals surface area (Å²) in [7, 11) is -3.41. The second-order valence-corrected chi connectivity index (χ2v) is 6.97. The predicted molar refractivity (Wildman–Crippen MR) is 75.6 cm³/mol. The molecule has 0 bridgehead atoms. The Kier molecular flexibility index (Phi) is 4.29. The van der Waals surface area contributed by atoms with Gasteiger partial charge in [0.25, 0.3) is 0 Å². The number of anilines is 1. The van der Waals surface area contributed by atoms with Gasteiger partial charge in [-0.25, -0.2) is 8.42 Å². The van der Waals surface area contributed by atoms with Gasteiger partial charge in [0, 0.05) is 25.2 Å². The molecule has 1 aliphatic heterocycles. The standard InChI is InChI=1S/C13H18N2O4S/c14-12-4-1-3-10-9-15(7-6-11(10)12)20(18,19)8-2-5-13(16)17/h1,3-4H,2,5-9,14H2,(H,16,17). The lowest BCUT2D eigenvalue weighted by Crippen LogP contribution is -2.37. The fraction of sp³-hybridized carbons (Fsp3) is 0.462. The highest BCUT2D eigenvalue weighted by Crippen LogP contribution is 2.25. The van der Waals surface area contributed by atoms with Crippen molar-refractivity contribution < 1.29 is 18.3 Å². The van der Waals surface area contributed by atoms with Gasteiger partial charge in [-0.05, 0) is 30.0 Å². The van der Waals surface area contributed by atoms with Gasteiger partial charge in [-0.3, -0.25) is 4.79 Å². The molecule has 1 aliphatic rings. The van der Waals surface area contributed by atoms with Crippen LogP contribution >= 0.6 is 0 Å². The van der Waals surface area contributed by atoms with Crippen molar-refractivity contribution >= 4 is 21.7 Å². The van der Waals surface area contributed by atoms with Gasteiger partial charge in [0.1, 0.15) is 0 Å². The van der Waals surface area contributed by atoms with Crippen molar-refractivity contribution in [1.82, 2.24) is 4.31 Å². The van der Waals surface area contributed by atoms with E-state index in [0.29, 0.717) is 25.2 Å². The van der Waals surface area contributed by atoms with E-state index in [1.165, 1.54) is 4.31 Å². The Labute approximate surface area is 118 Å². The van der Waals surface area contributed by atoms with Crippen molar-refractivity contribution in [2.75, 3.05) is 18.0 Å². The number of aliphatic carboxylic acids is 1. The summed E-state index contributed by atoms with van der Waals surface area (Å²) in [5.74, 6) is -1.10. The van der Waals surface area contributed by atoms with Gasteiger partial charge in [-0.15, -0.1) is 0 Å². The van der Waals surface area contributed by atoms with E-state index in [4.69, 9.17) is 10.8 Å². The zero-order valence-corrected chi connectivity index (χ0v) is 11.9. The second kappa shape index (κ2) is 5.80. The number of nitrogens with zero attached hydrogens (tertiary/aromatic N) is 1. The van der Waals surface area contributed by atoms with Gasteiger partial charge in [0.2, 0.25) is 10.0 Å². The van der Waals surface area contributed by atoms with Gasteiger partial charge in [-0.2, -0.15) is 4.31 Å². The van der Waals surface area contributed by atoms with Gasteiger partial charge in [0.05, 0.1) is 5.75 Å². The molecule has 2 rings (SSSR count). The molecule has 0 atom stereocenters. The van der Waals surface area contributed by atoms with E-state index in [9.17, 15) is 13.2 Å². The van der Waals surface area contributed by atoms with Crippen LogP contribution in [0, 0.1) is 0 Å². The molecule has 0 saturated heterocycles. The van der Waals surface area contributed by atoms with E-state index in [1.807, 2.05) is 18.2 Å². The minimum Gasteiger partial charge on any atom is -0.481 e. The molecule has 0 saturated carbocycles. The number of carboxylic acids is 1. The molecule has 6 nitrogen and oxygen atoms in total. The minimum atomic E-state index is -3.41. The topological polar surface area (TPSA) is 101 Å². The lowest BCUT2D eigenvalue weighted by Gasteiger charge is -2.28. The highest BCUT2D eigenvalue weighted by molar-refractivity contribution is 7.89. The first-order valence-corrected chi connectivity index (χ1v) is 8.07. The van der Waals surface area contributed by atoms with Gasteiger partial charge in [-0.1, -0.05) is 12.1 Å². The molecule has 0 radical (unpaired) electrons. The molecule has 0 aliphatic carbocycles. The van der Waals surface area contributed by atoms with E-state index in [-0.39, 0.29) is 18.6 Å². The minimum absolute atomic E-state index is 0.128. The summed E-state index contributed by atoms with van der Waals surface area (Å²) < 4.78 is 25.7. The second-order valence-electron chi connectivity index (χ2n) is 4.88. The van der Waals surface area contributed by atoms with Crippen LogP contribution in [-0.4, -0.2) is 36.1 Å². The van der Waals surface area contributed by atoms with Crippen LogP contribution in [0.5, 0.6) is 0 Å². The van der Waals surface area contributed by atoms with Crippen LogP contribution in [0.1, 0.15) is 24.0 Å². The van der Waals surface area contributed by atoms with Crippen molar-refractivity contribution in [2.45, 2.75) is 25.8 Å². The largest absolute Gasteiger partial charge is 0.481 e. The number of carboxylic acid groups (broad SMARTS) is 1. The van der Waals surface area contributed by atoms with E-state index < -0.39 is 16.0 Å². The van der Waals surface area contributed by atoms with Gasteiger partial charge >= 0.3 is 5.97 Å². The van der Waals surface area contributed by atoms with Crippen molar-refractivity contribution in [3.05, 3.63) is 29.3 Å².